The summed E-state index contributed by atoms with van der Waals surface area (Å²) in [6.45, 7) is 7.22. The van der Waals surface area contributed by atoms with E-state index >= 15 is 0 Å². The summed E-state index contributed by atoms with van der Waals surface area (Å²) < 4.78 is 15.7. The van der Waals surface area contributed by atoms with Gasteiger partial charge in [-0.1, -0.05) is 6.92 Å². The van der Waals surface area contributed by atoms with Crippen molar-refractivity contribution in [1.29, 1.82) is 0 Å². The van der Waals surface area contributed by atoms with Crippen LogP contribution in [-0.2, 0) is 14.2 Å². The van der Waals surface area contributed by atoms with Crippen molar-refractivity contribution in [3.63, 3.8) is 0 Å². The van der Waals surface area contributed by atoms with Gasteiger partial charge in [-0.2, -0.15) is 0 Å². The molecule has 0 aliphatic carbocycles. The molecular weight excluding hydrogens is 196 g/mol. The summed E-state index contributed by atoms with van der Waals surface area (Å²) in [7, 11) is 0. The van der Waals surface area contributed by atoms with E-state index in [9.17, 15) is 0 Å². The van der Waals surface area contributed by atoms with Crippen LogP contribution in [0.4, 0.5) is 0 Å². The van der Waals surface area contributed by atoms with Crippen LogP contribution >= 0.6 is 0 Å². The summed E-state index contributed by atoms with van der Waals surface area (Å²) in [5.41, 5.74) is 10.3. The smallest absolute Gasteiger partial charge is 0.0848 e. The lowest BCUT2D eigenvalue weighted by Crippen LogP contribution is -2.50. The van der Waals surface area contributed by atoms with Gasteiger partial charge < -0.3 is 25.7 Å². The van der Waals surface area contributed by atoms with Gasteiger partial charge in [0.15, 0.2) is 0 Å². The highest BCUT2D eigenvalue weighted by atomic mass is 16.5. The normalized spacial score (nSPS) is 12.0. The number of hydrogen-bond donors (Lipinski definition) is 2. The maximum absolute atomic E-state index is 5.52. The van der Waals surface area contributed by atoms with Gasteiger partial charge >= 0.3 is 0 Å². The molecule has 0 saturated heterocycles. The van der Waals surface area contributed by atoms with E-state index in [0.29, 0.717) is 33.0 Å². The molecule has 4 N–H and O–H groups in total. The maximum Gasteiger partial charge on any atom is 0.0848 e. The summed E-state index contributed by atoms with van der Waals surface area (Å²) >= 11 is 0. The van der Waals surface area contributed by atoms with Gasteiger partial charge in [0.05, 0.1) is 38.7 Å². The van der Waals surface area contributed by atoms with Crippen molar-refractivity contribution in [1.82, 2.24) is 0 Å². The largest absolute Gasteiger partial charge is 0.379 e. The number of nitrogens with two attached hydrogens (primary N) is 2. The maximum atomic E-state index is 5.52. The molecule has 0 radical (unpaired) electrons. The van der Waals surface area contributed by atoms with Crippen molar-refractivity contribution in [2.75, 3.05) is 39.6 Å². The first-order chi connectivity index (χ1) is 7.06. The van der Waals surface area contributed by atoms with Gasteiger partial charge in [-0.25, -0.2) is 0 Å². The van der Waals surface area contributed by atoms with Crippen molar-refractivity contribution >= 4 is 0 Å². The Morgan fingerprint density at radius 1 is 0.867 bits per heavy atom. The van der Waals surface area contributed by atoms with Crippen molar-refractivity contribution < 1.29 is 14.2 Å². The van der Waals surface area contributed by atoms with Crippen LogP contribution in [0.15, 0.2) is 0 Å². The fraction of sp³-hybridized carbons (Fsp3) is 1.00. The van der Waals surface area contributed by atoms with E-state index in [-0.39, 0.29) is 0 Å². The molecule has 0 saturated carbocycles. The van der Waals surface area contributed by atoms with Crippen molar-refractivity contribution in [2.24, 2.45) is 11.5 Å². The average molecular weight is 220 g/mol. The molecule has 0 spiro atoms. The molecular formula is C10H24N2O3. The zero-order chi connectivity index (χ0) is 11.6. The predicted molar refractivity (Wildman–Crippen MR) is 59.5 cm³/mol. The van der Waals surface area contributed by atoms with Gasteiger partial charge in [-0.15, -0.1) is 0 Å². The molecule has 0 aromatic rings. The number of ether oxygens (including phenoxy) is 3. The van der Waals surface area contributed by atoms with Crippen molar-refractivity contribution in [3.8, 4) is 0 Å². The summed E-state index contributed by atoms with van der Waals surface area (Å²) in [6.07, 6.45) is 1.04. The predicted octanol–water partition coefficient (Wildman–Crippen LogP) is 0.0798. The molecule has 5 heteroatoms. The van der Waals surface area contributed by atoms with E-state index in [1.807, 2.05) is 0 Å². The van der Waals surface area contributed by atoms with Crippen molar-refractivity contribution in [3.05, 3.63) is 0 Å². The summed E-state index contributed by atoms with van der Waals surface area (Å²) in [4.78, 5) is 0. The Hall–Kier alpha value is -0.200. The molecule has 0 rings (SSSR count). The average Bonchev–Trinajstić information content (AvgIpc) is 2.14. The molecule has 15 heavy (non-hydrogen) atoms. The molecule has 92 valence electrons. The Balaban J connectivity index is 2.99. The van der Waals surface area contributed by atoms with Crippen LogP contribution in [0.5, 0.6) is 0 Å². The fourth-order valence-corrected chi connectivity index (χ4v) is 0.876. The molecule has 0 aromatic carbocycles. The Morgan fingerprint density at radius 3 is 1.80 bits per heavy atom. The van der Waals surface area contributed by atoms with Gasteiger partial charge in [0.2, 0.25) is 0 Å². The zero-order valence-electron chi connectivity index (χ0n) is 9.83. The van der Waals surface area contributed by atoms with E-state index in [2.05, 4.69) is 6.92 Å². The SMILES string of the molecule is CCCOCCOCCOCC(C)(N)N. The van der Waals surface area contributed by atoms with Gasteiger partial charge in [0, 0.05) is 6.61 Å². The van der Waals surface area contributed by atoms with Gasteiger partial charge in [-0.3, -0.25) is 0 Å². The highest BCUT2D eigenvalue weighted by molar-refractivity contribution is 4.67. The lowest BCUT2D eigenvalue weighted by molar-refractivity contribution is 0.00603. The Kier molecular flexibility index (Phi) is 8.94. The van der Waals surface area contributed by atoms with Gasteiger partial charge in [0.25, 0.3) is 0 Å². The third kappa shape index (κ3) is 13.8. The second-order valence-corrected chi connectivity index (χ2v) is 3.78. The molecule has 0 bridgehead atoms. The lowest BCUT2D eigenvalue weighted by Gasteiger charge is -2.18. The molecule has 0 aliphatic heterocycles. The summed E-state index contributed by atoms with van der Waals surface area (Å²) in [6, 6.07) is 0. The molecule has 0 atom stereocenters. The lowest BCUT2D eigenvalue weighted by atomic mass is 10.3. The second-order valence-electron chi connectivity index (χ2n) is 3.78. The highest BCUT2D eigenvalue weighted by Crippen LogP contribution is 1.89. The van der Waals surface area contributed by atoms with Crippen LogP contribution in [-0.4, -0.2) is 45.3 Å². The van der Waals surface area contributed by atoms with Crippen LogP contribution in [0, 0.1) is 0 Å². The standard InChI is InChI=1S/C10H24N2O3/c1-3-4-13-5-6-14-7-8-15-9-10(2,11)12/h3-9,11-12H2,1-2H3. The topological polar surface area (TPSA) is 79.7 Å². The minimum Gasteiger partial charge on any atom is -0.379 e. The van der Waals surface area contributed by atoms with E-state index in [1.165, 1.54) is 0 Å². The van der Waals surface area contributed by atoms with Crippen molar-refractivity contribution in [2.45, 2.75) is 25.9 Å². The summed E-state index contributed by atoms with van der Waals surface area (Å²) in [5.74, 6) is 0. The van der Waals surface area contributed by atoms with Crippen LogP contribution < -0.4 is 11.5 Å². The molecule has 0 amide bonds. The van der Waals surface area contributed by atoms with Gasteiger partial charge in [0.1, 0.15) is 0 Å². The van der Waals surface area contributed by atoms with Crippen LogP contribution in [0.25, 0.3) is 0 Å². The van der Waals surface area contributed by atoms with E-state index in [4.69, 9.17) is 25.7 Å². The molecule has 0 heterocycles. The van der Waals surface area contributed by atoms with Gasteiger partial charge in [-0.05, 0) is 13.3 Å². The molecule has 0 fully saturated rings. The second kappa shape index (κ2) is 9.06. The van der Waals surface area contributed by atoms with E-state index in [1.54, 1.807) is 6.92 Å². The molecule has 5 nitrogen and oxygen atoms in total. The number of hydrogen-bond acceptors (Lipinski definition) is 5. The zero-order valence-corrected chi connectivity index (χ0v) is 9.83. The minimum atomic E-state index is -0.760. The molecule has 0 aromatic heterocycles. The third-order valence-electron chi connectivity index (χ3n) is 1.51. The van der Waals surface area contributed by atoms with Crippen LogP contribution in [0.2, 0.25) is 0 Å². The van der Waals surface area contributed by atoms with Crippen LogP contribution in [0.1, 0.15) is 20.3 Å². The quantitative estimate of drug-likeness (QED) is 0.402. The molecule has 0 unspecified atom stereocenters. The van der Waals surface area contributed by atoms with E-state index < -0.39 is 5.66 Å². The fourth-order valence-electron chi connectivity index (χ4n) is 0.876. The first-order valence-electron chi connectivity index (χ1n) is 5.37. The van der Waals surface area contributed by atoms with Crippen LogP contribution in [0.3, 0.4) is 0 Å². The summed E-state index contributed by atoms with van der Waals surface area (Å²) in [5, 5.41) is 0. The third-order valence-corrected chi connectivity index (χ3v) is 1.51. The minimum absolute atomic E-state index is 0.336. The Labute approximate surface area is 92.0 Å². The first kappa shape index (κ1) is 14.8. The highest BCUT2D eigenvalue weighted by Gasteiger charge is 2.09. The Bertz CT molecular complexity index is 137. The van der Waals surface area contributed by atoms with E-state index in [0.717, 1.165) is 13.0 Å². The Morgan fingerprint density at radius 2 is 1.33 bits per heavy atom. The molecule has 0 aliphatic rings. The monoisotopic (exact) mass is 220 g/mol. The number of rotatable bonds is 10. The first-order valence-corrected chi connectivity index (χ1v) is 5.37.